The zero-order valence-corrected chi connectivity index (χ0v) is 16.5. The Balaban J connectivity index is 1.98. The molecule has 0 aliphatic carbocycles. The van der Waals surface area contributed by atoms with Crippen molar-refractivity contribution in [3.8, 4) is 0 Å². The van der Waals surface area contributed by atoms with Crippen LogP contribution in [-0.2, 0) is 6.42 Å². The van der Waals surface area contributed by atoms with Gasteiger partial charge in [0.05, 0.1) is 0 Å². The summed E-state index contributed by atoms with van der Waals surface area (Å²) in [5, 5.41) is 14.9. The minimum Gasteiger partial charge on any atom is -0.352 e. The number of hydrogen-bond donors (Lipinski definition) is 2. The number of aromatic nitrogens is 2. The molecule has 2 rings (SSSR count). The van der Waals surface area contributed by atoms with Gasteiger partial charge >= 0.3 is 0 Å². The highest BCUT2D eigenvalue weighted by molar-refractivity contribution is 7.13. The summed E-state index contributed by atoms with van der Waals surface area (Å²) in [6, 6.07) is 6.89. The maximum atomic E-state index is 12.3. The molecule has 0 saturated carbocycles. The molecule has 0 fully saturated rings. The van der Waals surface area contributed by atoms with Crippen molar-refractivity contribution in [3.63, 3.8) is 0 Å². The predicted octanol–water partition coefficient (Wildman–Crippen LogP) is 3.76. The molecule has 0 aliphatic rings. The van der Waals surface area contributed by atoms with Crippen molar-refractivity contribution in [1.82, 2.24) is 15.5 Å². The van der Waals surface area contributed by atoms with Crippen molar-refractivity contribution in [2.24, 2.45) is 11.8 Å². The van der Waals surface area contributed by atoms with Crippen molar-refractivity contribution in [1.29, 1.82) is 0 Å². The Bertz CT molecular complexity index is 756. The number of benzene rings is 1. The summed E-state index contributed by atoms with van der Waals surface area (Å²) in [5.74, 6) is 0.546. The number of carbonyl (C=O) groups is 2. The molecule has 140 valence electrons. The molecule has 2 N–H and O–H groups in total. The fourth-order valence-corrected chi connectivity index (χ4v) is 3.22. The highest BCUT2D eigenvalue weighted by atomic mass is 32.1. The summed E-state index contributed by atoms with van der Waals surface area (Å²) in [4.78, 5) is 24.5. The Morgan fingerprint density at radius 1 is 1.08 bits per heavy atom. The van der Waals surface area contributed by atoms with Crippen molar-refractivity contribution in [2.45, 2.75) is 40.5 Å². The highest BCUT2D eigenvalue weighted by Gasteiger charge is 2.14. The van der Waals surface area contributed by atoms with Crippen LogP contribution in [0.2, 0.25) is 0 Å². The van der Waals surface area contributed by atoms with Crippen LogP contribution < -0.4 is 10.6 Å². The van der Waals surface area contributed by atoms with Gasteiger partial charge in [0, 0.05) is 24.2 Å². The summed E-state index contributed by atoms with van der Waals surface area (Å²) < 4.78 is 0. The molecule has 7 heteroatoms. The fourth-order valence-electron chi connectivity index (χ4n) is 2.28. The van der Waals surface area contributed by atoms with Crippen LogP contribution >= 0.6 is 11.3 Å². The molecule has 1 heterocycles. The van der Waals surface area contributed by atoms with E-state index < -0.39 is 0 Å². The van der Waals surface area contributed by atoms with Crippen molar-refractivity contribution in [3.05, 3.63) is 39.8 Å². The average molecular weight is 375 g/mol. The summed E-state index contributed by atoms with van der Waals surface area (Å²) in [6.07, 6.45) is 1.73. The van der Waals surface area contributed by atoms with Crippen molar-refractivity contribution >= 4 is 28.8 Å². The monoisotopic (exact) mass is 374 g/mol. The summed E-state index contributed by atoms with van der Waals surface area (Å²) >= 11 is 1.30. The van der Waals surface area contributed by atoms with Gasteiger partial charge < -0.3 is 10.6 Å². The first-order chi connectivity index (χ1) is 12.3. The van der Waals surface area contributed by atoms with Crippen LogP contribution in [0, 0.1) is 11.8 Å². The third kappa shape index (κ3) is 6.22. The molecular weight excluding hydrogens is 348 g/mol. The number of rotatable bonds is 8. The Morgan fingerprint density at radius 2 is 1.85 bits per heavy atom. The van der Waals surface area contributed by atoms with E-state index >= 15 is 0 Å². The Labute approximate surface area is 158 Å². The smallest absolute Gasteiger partial charge is 0.286 e. The van der Waals surface area contributed by atoms with Gasteiger partial charge in [-0.1, -0.05) is 45.1 Å². The topological polar surface area (TPSA) is 84.0 Å². The number of anilines is 1. The fraction of sp³-hybridized carbons (Fsp3) is 0.474. The molecule has 1 aromatic heterocycles. The Morgan fingerprint density at radius 3 is 2.54 bits per heavy atom. The van der Waals surface area contributed by atoms with Gasteiger partial charge in [-0.25, -0.2) is 0 Å². The minimum absolute atomic E-state index is 0.142. The molecule has 0 aliphatic heterocycles. The van der Waals surface area contributed by atoms with Gasteiger partial charge in [-0.3, -0.25) is 9.59 Å². The van der Waals surface area contributed by atoms with E-state index in [2.05, 4.69) is 48.5 Å². The third-order valence-corrected chi connectivity index (χ3v) is 4.58. The molecule has 26 heavy (non-hydrogen) atoms. The summed E-state index contributed by atoms with van der Waals surface area (Å²) in [6.45, 7) is 9.05. The number of nitrogens with zero attached hydrogens (tertiary/aromatic N) is 2. The standard InChI is InChI=1S/C19H26N4O2S/c1-12(2)8-9-20-17(24)14-6-5-7-15(11-14)21-18(25)19-23-22-16(26-19)10-13(3)4/h5-7,11-13H,8-10H2,1-4H3,(H,20,24)(H,21,25). The maximum Gasteiger partial charge on any atom is 0.286 e. The molecule has 2 aromatic rings. The molecular formula is C19H26N4O2S. The highest BCUT2D eigenvalue weighted by Crippen LogP contribution is 2.17. The molecule has 0 unspecified atom stereocenters. The van der Waals surface area contributed by atoms with E-state index in [1.54, 1.807) is 24.3 Å². The lowest BCUT2D eigenvalue weighted by atomic mass is 10.1. The lowest BCUT2D eigenvalue weighted by molar-refractivity contribution is 0.0950. The van der Waals surface area contributed by atoms with Crippen LogP contribution in [0.4, 0.5) is 5.69 Å². The van der Waals surface area contributed by atoms with Crippen LogP contribution in [0.25, 0.3) is 0 Å². The van der Waals surface area contributed by atoms with E-state index in [1.165, 1.54) is 11.3 Å². The van der Waals surface area contributed by atoms with E-state index in [0.717, 1.165) is 17.8 Å². The van der Waals surface area contributed by atoms with Crippen molar-refractivity contribution in [2.75, 3.05) is 11.9 Å². The van der Waals surface area contributed by atoms with E-state index in [9.17, 15) is 9.59 Å². The molecule has 0 radical (unpaired) electrons. The SMILES string of the molecule is CC(C)CCNC(=O)c1cccc(NC(=O)c2nnc(CC(C)C)s2)c1. The van der Waals surface area contributed by atoms with Crippen LogP contribution in [0.5, 0.6) is 0 Å². The van der Waals surface area contributed by atoms with Crippen molar-refractivity contribution < 1.29 is 9.59 Å². The van der Waals surface area contributed by atoms with Gasteiger partial charge in [-0.05, 0) is 36.5 Å². The van der Waals surface area contributed by atoms with E-state index in [1.807, 2.05) is 0 Å². The molecule has 0 bridgehead atoms. The number of nitrogens with one attached hydrogen (secondary N) is 2. The number of hydrogen-bond acceptors (Lipinski definition) is 5. The molecule has 0 saturated heterocycles. The van der Waals surface area contributed by atoms with Gasteiger partial charge in [-0.2, -0.15) is 0 Å². The van der Waals surface area contributed by atoms with Crippen LogP contribution in [0.3, 0.4) is 0 Å². The number of carbonyl (C=O) groups excluding carboxylic acids is 2. The predicted molar refractivity (Wildman–Crippen MR) is 105 cm³/mol. The second-order valence-electron chi connectivity index (χ2n) is 7.07. The quantitative estimate of drug-likeness (QED) is 0.737. The van der Waals surface area contributed by atoms with Crippen LogP contribution in [-0.4, -0.2) is 28.6 Å². The summed E-state index contributed by atoms with van der Waals surface area (Å²) in [7, 11) is 0. The Kier molecular flexibility index (Phi) is 7.26. The number of amides is 2. The van der Waals surface area contributed by atoms with Gasteiger partial charge in [0.25, 0.3) is 11.8 Å². The summed E-state index contributed by atoms with van der Waals surface area (Å²) in [5.41, 5.74) is 1.08. The van der Waals surface area contributed by atoms with E-state index in [4.69, 9.17) is 0 Å². The van der Waals surface area contributed by atoms with Gasteiger partial charge in [0.1, 0.15) is 5.01 Å². The van der Waals surface area contributed by atoms with Gasteiger partial charge in [-0.15, -0.1) is 10.2 Å². The van der Waals surface area contributed by atoms with Crippen LogP contribution in [0.1, 0.15) is 59.3 Å². The average Bonchev–Trinajstić information content (AvgIpc) is 3.02. The van der Waals surface area contributed by atoms with Crippen LogP contribution in [0.15, 0.2) is 24.3 Å². The largest absolute Gasteiger partial charge is 0.352 e. The zero-order valence-electron chi connectivity index (χ0n) is 15.7. The maximum absolute atomic E-state index is 12.3. The molecule has 2 amide bonds. The zero-order chi connectivity index (χ0) is 19.1. The van der Waals surface area contributed by atoms with E-state index in [0.29, 0.717) is 34.6 Å². The Hall–Kier alpha value is -2.28. The molecule has 0 spiro atoms. The molecule has 1 aromatic carbocycles. The molecule has 0 atom stereocenters. The lowest BCUT2D eigenvalue weighted by Gasteiger charge is -2.09. The first kappa shape index (κ1) is 20.0. The second-order valence-corrected chi connectivity index (χ2v) is 8.13. The normalized spacial score (nSPS) is 11.0. The molecule has 6 nitrogen and oxygen atoms in total. The minimum atomic E-state index is -0.310. The van der Waals surface area contributed by atoms with Gasteiger partial charge in [0.15, 0.2) is 0 Å². The third-order valence-electron chi connectivity index (χ3n) is 3.63. The van der Waals surface area contributed by atoms with Gasteiger partial charge in [0.2, 0.25) is 5.01 Å². The lowest BCUT2D eigenvalue weighted by Crippen LogP contribution is -2.25. The first-order valence-corrected chi connectivity index (χ1v) is 9.68. The second kappa shape index (κ2) is 9.43. The van der Waals surface area contributed by atoms with E-state index in [-0.39, 0.29) is 11.8 Å². The first-order valence-electron chi connectivity index (χ1n) is 8.87.